The van der Waals surface area contributed by atoms with E-state index in [0.717, 1.165) is 6.07 Å². The predicted molar refractivity (Wildman–Crippen MR) is 50.5 cm³/mol. The molecule has 1 atom stereocenters. The van der Waals surface area contributed by atoms with Crippen molar-refractivity contribution < 1.29 is 18.3 Å². The molecule has 0 N–H and O–H groups in total. The highest BCUT2D eigenvalue weighted by atomic mass is 19.1. The lowest BCUT2D eigenvalue weighted by Gasteiger charge is -2.22. The fraction of sp³-hybridized carbons (Fsp3) is 0.364. The highest BCUT2D eigenvalue weighted by Gasteiger charge is 2.24. The lowest BCUT2D eigenvalue weighted by molar-refractivity contribution is 0.100. The molecule has 0 aliphatic carbocycles. The van der Waals surface area contributed by atoms with Gasteiger partial charge in [0.1, 0.15) is 24.3 Å². The van der Waals surface area contributed by atoms with Crippen LogP contribution in [-0.4, -0.2) is 18.6 Å². The van der Waals surface area contributed by atoms with Gasteiger partial charge in [0, 0.05) is 12.0 Å². The predicted octanol–water partition coefficient (Wildman–Crippen LogP) is 2.30. The number of fused-ring (bicyclic) bond motifs is 1. The Labute approximate surface area is 85.9 Å². The molecule has 0 bridgehead atoms. The van der Waals surface area contributed by atoms with Crippen LogP contribution in [0.15, 0.2) is 12.1 Å². The number of benzene rings is 1. The monoisotopic (exact) mass is 212 g/mol. The number of hydrogen-bond acceptors (Lipinski definition) is 2. The average molecular weight is 212 g/mol. The number of carbonyl (C=O) groups is 1. The SMILES string of the molecule is CC(=O)c1cc(F)cc2c1OCC(F)C2. The molecule has 0 saturated carbocycles. The van der Waals surface area contributed by atoms with E-state index in [0.29, 0.717) is 11.3 Å². The van der Waals surface area contributed by atoms with Crippen LogP contribution < -0.4 is 4.74 Å². The summed E-state index contributed by atoms with van der Waals surface area (Å²) in [7, 11) is 0. The first-order chi connectivity index (χ1) is 7.08. The highest BCUT2D eigenvalue weighted by molar-refractivity contribution is 5.97. The van der Waals surface area contributed by atoms with Gasteiger partial charge in [-0.15, -0.1) is 0 Å². The van der Waals surface area contributed by atoms with Gasteiger partial charge in [-0.3, -0.25) is 4.79 Å². The van der Waals surface area contributed by atoms with Gasteiger partial charge in [0.2, 0.25) is 0 Å². The van der Waals surface area contributed by atoms with Gasteiger partial charge >= 0.3 is 0 Å². The molecule has 0 saturated heterocycles. The Bertz CT molecular complexity index is 415. The summed E-state index contributed by atoms with van der Waals surface area (Å²) in [4.78, 5) is 11.2. The smallest absolute Gasteiger partial charge is 0.163 e. The third-order valence-electron chi connectivity index (χ3n) is 2.36. The molecule has 2 nitrogen and oxygen atoms in total. The number of ketones is 1. The van der Waals surface area contributed by atoms with Crippen LogP contribution in [0.3, 0.4) is 0 Å². The van der Waals surface area contributed by atoms with Crippen molar-refractivity contribution in [3.8, 4) is 5.75 Å². The Hall–Kier alpha value is -1.45. The number of alkyl halides is 1. The first-order valence-electron chi connectivity index (χ1n) is 4.68. The van der Waals surface area contributed by atoms with E-state index in [1.54, 1.807) is 0 Å². The second kappa shape index (κ2) is 3.61. The number of Topliss-reactive ketones (excluding diaryl/α,β-unsaturated/α-hetero) is 1. The zero-order chi connectivity index (χ0) is 11.0. The summed E-state index contributed by atoms with van der Waals surface area (Å²) in [6, 6.07) is 2.34. The molecule has 1 aliphatic heterocycles. The number of carbonyl (C=O) groups excluding carboxylic acids is 1. The molecular weight excluding hydrogens is 202 g/mol. The normalized spacial score (nSPS) is 19.3. The first kappa shape index (κ1) is 10.1. The van der Waals surface area contributed by atoms with Crippen LogP contribution in [-0.2, 0) is 6.42 Å². The fourth-order valence-electron chi connectivity index (χ4n) is 1.70. The van der Waals surface area contributed by atoms with E-state index in [-0.39, 0.29) is 24.4 Å². The summed E-state index contributed by atoms with van der Waals surface area (Å²) in [6.07, 6.45) is -1.02. The lowest BCUT2D eigenvalue weighted by atomic mass is 9.99. The van der Waals surface area contributed by atoms with Gasteiger partial charge in [-0.1, -0.05) is 0 Å². The van der Waals surface area contributed by atoms with Gasteiger partial charge in [-0.05, 0) is 19.1 Å². The van der Waals surface area contributed by atoms with E-state index in [4.69, 9.17) is 4.74 Å². The molecule has 1 heterocycles. The number of ether oxygens (including phenoxy) is 1. The summed E-state index contributed by atoms with van der Waals surface area (Å²) in [6.45, 7) is 1.26. The van der Waals surface area contributed by atoms with E-state index < -0.39 is 12.0 Å². The maximum atomic E-state index is 13.1. The maximum Gasteiger partial charge on any atom is 0.163 e. The molecule has 0 fully saturated rings. The van der Waals surface area contributed by atoms with Gasteiger partial charge in [-0.25, -0.2) is 8.78 Å². The van der Waals surface area contributed by atoms with Crippen LogP contribution in [0.2, 0.25) is 0 Å². The van der Waals surface area contributed by atoms with Crippen molar-refractivity contribution in [3.63, 3.8) is 0 Å². The number of halogens is 2. The minimum absolute atomic E-state index is 0.0705. The third-order valence-corrected chi connectivity index (χ3v) is 2.36. The number of hydrogen-bond donors (Lipinski definition) is 0. The maximum absolute atomic E-state index is 13.1. The molecule has 1 aromatic rings. The van der Waals surface area contributed by atoms with E-state index >= 15 is 0 Å². The van der Waals surface area contributed by atoms with Crippen LogP contribution >= 0.6 is 0 Å². The molecule has 1 unspecified atom stereocenters. The van der Waals surface area contributed by atoms with Gasteiger partial charge < -0.3 is 4.74 Å². The summed E-state index contributed by atoms with van der Waals surface area (Å²) < 4.78 is 31.2. The van der Waals surface area contributed by atoms with E-state index in [1.165, 1.54) is 13.0 Å². The Morgan fingerprint density at radius 2 is 2.27 bits per heavy atom. The molecule has 80 valence electrons. The Kier molecular flexibility index (Phi) is 2.42. The molecule has 0 spiro atoms. The summed E-state index contributed by atoms with van der Waals surface area (Å²) in [5, 5.41) is 0. The molecule has 4 heteroatoms. The topological polar surface area (TPSA) is 26.3 Å². The highest BCUT2D eigenvalue weighted by Crippen LogP contribution is 2.31. The van der Waals surface area contributed by atoms with Gasteiger partial charge in [-0.2, -0.15) is 0 Å². The second-order valence-electron chi connectivity index (χ2n) is 3.61. The largest absolute Gasteiger partial charge is 0.489 e. The Morgan fingerprint density at radius 3 is 2.93 bits per heavy atom. The quantitative estimate of drug-likeness (QED) is 0.667. The van der Waals surface area contributed by atoms with Gasteiger partial charge in [0.15, 0.2) is 5.78 Å². The first-order valence-corrected chi connectivity index (χ1v) is 4.68. The van der Waals surface area contributed by atoms with Crippen molar-refractivity contribution >= 4 is 5.78 Å². The molecular formula is C11H10F2O2. The van der Waals surface area contributed by atoms with Gasteiger partial charge in [0.25, 0.3) is 0 Å². The molecule has 1 aromatic carbocycles. The zero-order valence-electron chi connectivity index (χ0n) is 8.22. The van der Waals surface area contributed by atoms with Crippen molar-refractivity contribution in [2.45, 2.75) is 19.5 Å². The molecule has 1 aliphatic rings. The Balaban J connectivity index is 2.54. The zero-order valence-corrected chi connectivity index (χ0v) is 8.22. The minimum atomic E-state index is -1.13. The van der Waals surface area contributed by atoms with Crippen molar-refractivity contribution in [1.29, 1.82) is 0 Å². The van der Waals surface area contributed by atoms with Crippen molar-refractivity contribution in [2.24, 2.45) is 0 Å². The van der Waals surface area contributed by atoms with Gasteiger partial charge in [0.05, 0.1) is 5.56 Å². The fourth-order valence-corrected chi connectivity index (χ4v) is 1.70. The van der Waals surface area contributed by atoms with Crippen LogP contribution in [0.5, 0.6) is 5.75 Å². The molecule has 0 aromatic heterocycles. The standard InChI is InChI=1S/C11H10F2O2/c1-6(14)10-4-8(12)2-7-3-9(13)5-15-11(7)10/h2,4,9H,3,5H2,1H3. The van der Waals surface area contributed by atoms with Crippen molar-refractivity contribution in [2.75, 3.05) is 6.61 Å². The molecule has 2 rings (SSSR count). The van der Waals surface area contributed by atoms with E-state index in [1.807, 2.05) is 0 Å². The molecule has 15 heavy (non-hydrogen) atoms. The Morgan fingerprint density at radius 1 is 1.53 bits per heavy atom. The van der Waals surface area contributed by atoms with Crippen LogP contribution in [0.1, 0.15) is 22.8 Å². The van der Waals surface area contributed by atoms with Crippen molar-refractivity contribution in [3.05, 3.63) is 29.1 Å². The van der Waals surface area contributed by atoms with Crippen LogP contribution in [0.4, 0.5) is 8.78 Å². The van der Waals surface area contributed by atoms with E-state index in [2.05, 4.69) is 0 Å². The van der Waals surface area contributed by atoms with E-state index in [9.17, 15) is 13.6 Å². The lowest BCUT2D eigenvalue weighted by Crippen LogP contribution is -2.23. The summed E-state index contributed by atoms with van der Waals surface area (Å²) in [5.41, 5.74) is 0.621. The van der Waals surface area contributed by atoms with Crippen LogP contribution in [0, 0.1) is 5.82 Å². The minimum Gasteiger partial charge on any atom is -0.489 e. The third kappa shape index (κ3) is 1.84. The van der Waals surface area contributed by atoms with Crippen molar-refractivity contribution in [1.82, 2.24) is 0 Å². The second-order valence-corrected chi connectivity index (χ2v) is 3.61. The average Bonchev–Trinajstić information content (AvgIpc) is 2.15. The molecule has 0 amide bonds. The number of rotatable bonds is 1. The summed E-state index contributed by atoms with van der Waals surface area (Å²) in [5.74, 6) is -0.475. The molecule has 0 radical (unpaired) electrons. The van der Waals surface area contributed by atoms with Crippen LogP contribution in [0.25, 0.3) is 0 Å². The summed E-state index contributed by atoms with van der Waals surface area (Å²) >= 11 is 0.